The van der Waals surface area contributed by atoms with Gasteiger partial charge >= 0.3 is 0 Å². The number of aromatic nitrogens is 3. The first-order valence-corrected chi connectivity index (χ1v) is 6.71. The highest BCUT2D eigenvalue weighted by Gasteiger charge is 2.15. The minimum Gasteiger partial charge on any atom is -0.343 e. The molecule has 2 heterocycles. The Hall–Kier alpha value is -1.69. The Morgan fingerprint density at radius 2 is 2.22 bits per heavy atom. The molecule has 6 heteroatoms. The summed E-state index contributed by atoms with van der Waals surface area (Å²) >= 11 is 1.63. The van der Waals surface area contributed by atoms with Crippen molar-refractivity contribution in [2.24, 2.45) is 0 Å². The molecule has 2 N–H and O–H groups in total. The zero-order chi connectivity index (χ0) is 13.1. The van der Waals surface area contributed by atoms with Crippen molar-refractivity contribution >= 4 is 17.2 Å². The van der Waals surface area contributed by atoms with Crippen LogP contribution in [0.15, 0.2) is 17.6 Å². The smallest absolute Gasteiger partial charge is 0.269 e. The Bertz CT molecular complexity index is 518. The number of hydrogen-bond donors (Lipinski definition) is 2. The molecule has 2 aromatic heterocycles. The number of thiazole rings is 1. The molecule has 0 aromatic carbocycles. The number of aromatic amines is 1. The van der Waals surface area contributed by atoms with Gasteiger partial charge in [-0.15, -0.1) is 11.3 Å². The lowest BCUT2D eigenvalue weighted by atomic mass is 10.2. The van der Waals surface area contributed by atoms with E-state index < -0.39 is 0 Å². The summed E-state index contributed by atoms with van der Waals surface area (Å²) in [5.41, 5.74) is 1.36. The Kier molecular flexibility index (Phi) is 3.76. The molecule has 0 bridgehead atoms. The van der Waals surface area contributed by atoms with Crippen molar-refractivity contribution in [1.82, 2.24) is 20.5 Å². The standard InChI is InChI=1S/C12H16N4OS/c1-7(2)12-15-10(6-18-12)8(3)14-11(17)9-4-5-13-16-9/h4-8H,1-3H3,(H,13,16)(H,14,17)/t8-/m1/s1. The monoisotopic (exact) mass is 264 g/mol. The fraction of sp³-hybridized carbons (Fsp3) is 0.417. The molecule has 2 aromatic rings. The molecule has 18 heavy (non-hydrogen) atoms. The fourth-order valence-corrected chi connectivity index (χ4v) is 2.42. The maximum absolute atomic E-state index is 11.8. The molecule has 2 rings (SSSR count). The van der Waals surface area contributed by atoms with Crippen LogP contribution >= 0.6 is 11.3 Å². The molecule has 0 spiro atoms. The molecule has 0 radical (unpaired) electrons. The SMILES string of the molecule is CC(C)c1nc([C@@H](C)NC(=O)c2ccn[nH]2)cs1. The van der Waals surface area contributed by atoms with Crippen molar-refractivity contribution in [2.45, 2.75) is 32.7 Å². The van der Waals surface area contributed by atoms with Crippen molar-refractivity contribution < 1.29 is 4.79 Å². The highest BCUT2D eigenvalue weighted by Crippen LogP contribution is 2.22. The number of H-pyrrole nitrogens is 1. The molecule has 1 amide bonds. The third-order valence-electron chi connectivity index (χ3n) is 2.57. The van der Waals surface area contributed by atoms with E-state index in [0.29, 0.717) is 11.6 Å². The number of nitrogens with zero attached hydrogens (tertiary/aromatic N) is 2. The Morgan fingerprint density at radius 1 is 1.44 bits per heavy atom. The van der Waals surface area contributed by atoms with Crippen LogP contribution in [0.1, 0.15) is 53.9 Å². The summed E-state index contributed by atoms with van der Waals surface area (Å²) < 4.78 is 0. The van der Waals surface area contributed by atoms with Crippen molar-refractivity contribution in [1.29, 1.82) is 0 Å². The third kappa shape index (κ3) is 2.76. The van der Waals surface area contributed by atoms with Crippen molar-refractivity contribution in [2.75, 3.05) is 0 Å². The zero-order valence-electron chi connectivity index (χ0n) is 10.6. The minimum atomic E-state index is -0.168. The lowest BCUT2D eigenvalue weighted by molar-refractivity contribution is 0.0934. The van der Waals surface area contributed by atoms with Crippen LogP contribution in [0, 0.1) is 0 Å². The van der Waals surface area contributed by atoms with Crippen molar-refractivity contribution in [3.63, 3.8) is 0 Å². The quantitative estimate of drug-likeness (QED) is 0.891. The van der Waals surface area contributed by atoms with Gasteiger partial charge in [-0.25, -0.2) is 4.98 Å². The topological polar surface area (TPSA) is 70.7 Å². The van der Waals surface area contributed by atoms with E-state index in [1.165, 1.54) is 0 Å². The van der Waals surface area contributed by atoms with E-state index in [-0.39, 0.29) is 11.9 Å². The van der Waals surface area contributed by atoms with Gasteiger partial charge in [0.25, 0.3) is 5.91 Å². The van der Waals surface area contributed by atoms with Gasteiger partial charge in [0.2, 0.25) is 0 Å². The molecule has 0 aliphatic carbocycles. The average molecular weight is 264 g/mol. The Balaban J connectivity index is 2.03. The number of hydrogen-bond acceptors (Lipinski definition) is 4. The first-order valence-electron chi connectivity index (χ1n) is 5.83. The summed E-state index contributed by atoms with van der Waals surface area (Å²) in [4.78, 5) is 16.3. The molecule has 0 aliphatic rings. The van der Waals surface area contributed by atoms with E-state index in [1.54, 1.807) is 23.6 Å². The van der Waals surface area contributed by atoms with Gasteiger partial charge in [0.15, 0.2) is 0 Å². The molecule has 0 saturated carbocycles. The Morgan fingerprint density at radius 3 is 2.78 bits per heavy atom. The maximum Gasteiger partial charge on any atom is 0.269 e. The van der Waals surface area contributed by atoms with Gasteiger partial charge in [-0.3, -0.25) is 9.89 Å². The normalized spacial score (nSPS) is 12.7. The highest BCUT2D eigenvalue weighted by atomic mass is 32.1. The number of carbonyl (C=O) groups is 1. The summed E-state index contributed by atoms with van der Waals surface area (Å²) in [6, 6.07) is 1.53. The van der Waals surface area contributed by atoms with Crippen LogP contribution < -0.4 is 5.32 Å². The minimum absolute atomic E-state index is 0.107. The molecular weight excluding hydrogens is 248 g/mol. The predicted octanol–water partition coefficient (Wildman–Crippen LogP) is 2.48. The van der Waals surface area contributed by atoms with Crippen LogP contribution in [0.2, 0.25) is 0 Å². The molecule has 0 saturated heterocycles. The first-order chi connectivity index (χ1) is 8.58. The molecule has 0 aliphatic heterocycles. The summed E-state index contributed by atoms with van der Waals surface area (Å²) in [7, 11) is 0. The van der Waals surface area contributed by atoms with Crippen molar-refractivity contribution in [3.8, 4) is 0 Å². The lowest BCUT2D eigenvalue weighted by Gasteiger charge is -2.10. The molecule has 0 unspecified atom stereocenters. The van der Waals surface area contributed by atoms with E-state index in [9.17, 15) is 4.79 Å². The van der Waals surface area contributed by atoms with E-state index in [1.807, 2.05) is 12.3 Å². The molecular formula is C12H16N4OS. The summed E-state index contributed by atoms with van der Waals surface area (Å²) in [5.74, 6) is 0.248. The molecule has 0 fully saturated rings. The molecule has 1 atom stereocenters. The van der Waals surface area contributed by atoms with E-state index in [4.69, 9.17) is 0 Å². The van der Waals surface area contributed by atoms with E-state index >= 15 is 0 Å². The number of rotatable bonds is 4. The largest absolute Gasteiger partial charge is 0.343 e. The Labute approximate surface area is 110 Å². The van der Waals surface area contributed by atoms with Crippen LogP contribution in [-0.4, -0.2) is 21.1 Å². The van der Waals surface area contributed by atoms with Gasteiger partial charge in [-0.2, -0.15) is 5.10 Å². The summed E-state index contributed by atoms with van der Waals surface area (Å²) in [6.45, 7) is 6.14. The van der Waals surface area contributed by atoms with Crippen LogP contribution in [-0.2, 0) is 0 Å². The second-order valence-corrected chi connectivity index (χ2v) is 5.32. The zero-order valence-corrected chi connectivity index (χ0v) is 11.4. The summed E-state index contributed by atoms with van der Waals surface area (Å²) in [5, 5.41) is 12.4. The number of carbonyl (C=O) groups excluding carboxylic acids is 1. The fourth-order valence-electron chi connectivity index (χ4n) is 1.50. The van der Waals surface area contributed by atoms with Gasteiger partial charge in [-0.05, 0) is 13.0 Å². The van der Waals surface area contributed by atoms with Crippen LogP contribution in [0.3, 0.4) is 0 Å². The molecule has 5 nitrogen and oxygen atoms in total. The lowest BCUT2D eigenvalue weighted by Crippen LogP contribution is -2.27. The summed E-state index contributed by atoms with van der Waals surface area (Å²) in [6.07, 6.45) is 1.55. The predicted molar refractivity (Wildman–Crippen MR) is 70.7 cm³/mol. The average Bonchev–Trinajstić information content (AvgIpc) is 3.00. The van der Waals surface area contributed by atoms with Crippen molar-refractivity contribution in [3.05, 3.63) is 34.0 Å². The van der Waals surface area contributed by atoms with Gasteiger partial charge in [0.1, 0.15) is 5.69 Å². The van der Waals surface area contributed by atoms with E-state index in [0.717, 1.165) is 10.7 Å². The third-order valence-corrected chi connectivity index (χ3v) is 3.73. The molecule has 96 valence electrons. The first kappa shape index (κ1) is 12.8. The highest BCUT2D eigenvalue weighted by molar-refractivity contribution is 7.09. The second-order valence-electron chi connectivity index (χ2n) is 4.43. The van der Waals surface area contributed by atoms with Gasteiger partial charge in [0.05, 0.1) is 16.7 Å². The number of nitrogens with one attached hydrogen (secondary N) is 2. The van der Waals surface area contributed by atoms with E-state index in [2.05, 4.69) is 34.3 Å². The van der Waals surface area contributed by atoms with Gasteiger partial charge in [0, 0.05) is 17.5 Å². The van der Waals surface area contributed by atoms with Gasteiger partial charge < -0.3 is 5.32 Å². The van der Waals surface area contributed by atoms with Crippen LogP contribution in [0.25, 0.3) is 0 Å². The second kappa shape index (κ2) is 5.30. The number of amides is 1. The maximum atomic E-state index is 11.8. The van der Waals surface area contributed by atoms with Crippen LogP contribution in [0.5, 0.6) is 0 Å². The van der Waals surface area contributed by atoms with Gasteiger partial charge in [-0.1, -0.05) is 13.8 Å². The van der Waals surface area contributed by atoms with Crippen LogP contribution in [0.4, 0.5) is 0 Å².